The van der Waals surface area contributed by atoms with Crippen LogP contribution < -0.4 is 10.6 Å². The lowest BCUT2D eigenvalue weighted by atomic mass is 10.0. The molecular weight excluding hydrogens is 875 g/mol. The van der Waals surface area contributed by atoms with Crippen molar-refractivity contribution in [2.75, 3.05) is 31.2 Å². The summed E-state index contributed by atoms with van der Waals surface area (Å²) in [5.74, 6) is -9.06. The highest BCUT2D eigenvalue weighted by Gasteiger charge is 2.38. The number of benzene rings is 2. The summed E-state index contributed by atoms with van der Waals surface area (Å²) in [5.41, 5.74) is -2.12. The van der Waals surface area contributed by atoms with Crippen LogP contribution in [0.25, 0.3) is 0 Å². The maximum atomic E-state index is 14.2. The summed E-state index contributed by atoms with van der Waals surface area (Å²) in [6.07, 6.45) is -3.04. The van der Waals surface area contributed by atoms with Crippen LogP contribution in [0.1, 0.15) is 72.4 Å². The lowest BCUT2D eigenvalue weighted by Gasteiger charge is -2.27. The number of alkyl carbamates (subject to hydrolysis) is 2. The van der Waals surface area contributed by atoms with Crippen LogP contribution in [0.2, 0.25) is 0 Å². The van der Waals surface area contributed by atoms with E-state index in [0.717, 1.165) is 16.7 Å². The Balaban J connectivity index is 0.000000331. The number of esters is 1. The van der Waals surface area contributed by atoms with Crippen molar-refractivity contribution in [2.24, 2.45) is 0 Å². The van der Waals surface area contributed by atoms with Gasteiger partial charge in [-0.15, -0.1) is 23.5 Å². The molecule has 344 valence electrons. The number of hydrogen-bond acceptors (Lipinski definition) is 11. The van der Waals surface area contributed by atoms with Crippen LogP contribution >= 0.6 is 23.5 Å². The number of thioether (sulfide) groups is 2. The van der Waals surface area contributed by atoms with Gasteiger partial charge < -0.3 is 39.8 Å². The minimum absolute atomic E-state index is 0.163. The SMILES string of the molecule is CC(C)(C)OC(=O)N[C@@H](CC(=O)N1CCS[C@H]1C(=O)O)Cc1cc(F)c(F)cc1F.CCOC(=O)[C@@H]1SCCN1C(=O)C[C@@H](Cc1cc(F)c(F)cc1F)NC(=O)OC(C)(C)C. The summed E-state index contributed by atoms with van der Waals surface area (Å²) in [5, 5.41) is 12.3. The molecule has 0 aliphatic carbocycles. The molecule has 62 heavy (non-hydrogen) atoms. The lowest BCUT2D eigenvalue weighted by molar-refractivity contribution is -0.150. The number of nitrogens with zero attached hydrogens (tertiary/aromatic N) is 2. The number of rotatable bonds is 13. The summed E-state index contributed by atoms with van der Waals surface area (Å²) < 4.78 is 97.3. The summed E-state index contributed by atoms with van der Waals surface area (Å²) in [7, 11) is 0. The number of carboxylic acid groups (broad SMARTS) is 1. The van der Waals surface area contributed by atoms with Gasteiger partial charge in [0.05, 0.1) is 6.61 Å². The van der Waals surface area contributed by atoms with E-state index in [4.69, 9.17) is 14.2 Å². The Bertz CT molecular complexity index is 1970. The fourth-order valence-electron chi connectivity index (χ4n) is 5.99. The summed E-state index contributed by atoms with van der Waals surface area (Å²) in [4.78, 5) is 75.9. The van der Waals surface area contributed by atoms with E-state index >= 15 is 0 Å². The molecule has 3 N–H and O–H groups in total. The molecule has 14 nitrogen and oxygen atoms in total. The average Bonchev–Trinajstić information content (AvgIpc) is 3.83. The Hall–Kier alpha value is -4.86. The van der Waals surface area contributed by atoms with E-state index in [2.05, 4.69) is 10.6 Å². The number of amides is 4. The number of nitrogens with one attached hydrogen (secondary N) is 2. The van der Waals surface area contributed by atoms with Crippen LogP contribution in [-0.2, 0) is 46.2 Å². The largest absolute Gasteiger partial charge is 0.479 e. The Morgan fingerprint density at radius 2 is 1.03 bits per heavy atom. The number of carbonyl (C=O) groups is 6. The molecule has 0 aromatic heterocycles. The quantitative estimate of drug-likeness (QED) is 0.0884. The first-order chi connectivity index (χ1) is 28.8. The van der Waals surface area contributed by atoms with Crippen LogP contribution in [0, 0.1) is 34.9 Å². The first kappa shape index (κ1) is 51.5. The molecule has 2 aromatic carbocycles. The highest BCUT2D eigenvalue weighted by atomic mass is 32.2. The number of ether oxygens (including phenoxy) is 3. The monoisotopic (exact) mass is 924 g/mol. The molecule has 0 radical (unpaired) electrons. The minimum Gasteiger partial charge on any atom is -0.479 e. The zero-order valence-corrected chi connectivity index (χ0v) is 36.7. The van der Waals surface area contributed by atoms with Gasteiger partial charge in [-0.25, -0.2) is 45.5 Å². The van der Waals surface area contributed by atoms with Gasteiger partial charge in [0.1, 0.15) is 22.8 Å². The Morgan fingerprint density at radius 1 is 0.661 bits per heavy atom. The highest BCUT2D eigenvalue weighted by molar-refractivity contribution is 8.01. The molecule has 2 aliphatic heterocycles. The number of carboxylic acids is 1. The standard InChI is InChI=1S/C21H27F3N2O5S.C19H23F3N2O5S/c1-5-30-19(28)18-26(6-7-32-18)17(27)10-13(25-20(29)31-21(2,3)4)8-12-9-15(23)16(24)11-14(12)22;1-19(2,3)29-18(28)23-11(6-10-7-13(21)14(22)9-12(10)20)8-15(25)24-4-5-30-16(24)17(26)27/h9,11,13,18H,5-8,10H2,1-4H3,(H,25,29);7,9,11,16H,4-6,8H2,1-3H3,(H,23,28)(H,26,27)/t13-,18+;11-,16+/m11/s1. The van der Waals surface area contributed by atoms with Gasteiger partial charge in [-0.1, -0.05) is 0 Å². The highest BCUT2D eigenvalue weighted by Crippen LogP contribution is 2.28. The molecule has 4 atom stereocenters. The number of carbonyl (C=O) groups excluding carboxylic acids is 5. The fourth-order valence-corrected chi connectivity index (χ4v) is 8.19. The van der Waals surface area contributed by atoms with Gasteiger partial charge in [0, 0.05) is 61.7 Å². The first-order valence-corrected chi connectivity index (χ1v) is 21.4. The van der Waals surface area contributed by atoms with Crippen molar-refractivity contribution < 1.29 is 74.4 Å². The van der Waals surface area contributed by atoms with Crippen molar-refractivity contribution in [1.82, 2.24) is 20.4 Å². The van der Waals surface area contributed by atoms with Gasteiger partial charge >= 0.3 is 24.1 Å². The van der Waals surface area contributed by atoms with Crippen molar-refractivity contribution in [3.63, 3.8) is 0 Å². The topological polar surface area (TPSA) is 181 Å². The van der Waals surface area contributed by atoms with Gasteiger partial charge in [0.15, 0.2) is 34.0 Å². The third kappa shape index (κ3) is 16.1. The summed E-state index contributed by atoms with van der Waals surface area (Å²) in [6.45, 7) is 12.1. The molecule has 2 saturated heterocycles. The number of hydrogen-bond donors (Lipinski definition) is 3. The van der Waals surface area contributed by atoms with E-state index in [1.165, 1.54) is 16.7 Å². The van der Waals surface area contributed by atoms with E-state index < -0.39 is 105 Å². The molecule has 4 rings (SSSR count). The van der Waals surface area contributed by atoms with Gasteiger partial charge in [-0.3, -0.25) is 9.59 Å². The van der Waals surface area contributed by atoms with Crippen molar-refractivity contribution in [3.8, 4) is 0 Å². The first-order valence-electron chi connectivity index (χ1n) is 19.3. The van der Waals surface area contributed by atoms with Crippen molar-refractivity contribution in [3.05, 3.63) is 70.3 Å². The molecule has 0 bridgehead atoms. The van der Waals surface area contributed by atoms with Crippen molar-refractivity contribution in [1.29, 1.82) is 0 Å². The molecule has 2 heterocycles. The Labute approximate surface area is 363 Å². The third-order valence-electron chi connectivity index (χ3n) is 8.52. The normalized spacial score (nSPS) is 17.3. The summed E-state index contributed by atoms with van der Waals surface area (Å²) >= 11 is 2.34. The predicted molar refractivity (Wildman–Crippen MR) is 216 cm³/mol. The van der Waals surface area contributed by atoms with E-state index in [-0.39, 0.29) is 50.0 Å². The molecule has 0 unspecified atom stereocenters. The zero-order valence-electron chi connectivity index (χ0n) is 35.1. The minimum atomic E-state index is -1.36. The Kier molecular flexibility index (Phi) is 18.7. The number of aliphatic carboxylic acids is 1. The second-order valence-corrected chi connectivity index (χ2v) is 18.3. The average molecular weight is 925 g/mol. The van der Waals surface area contributed by atoms with E-state index in [9.17, 15) is 60.2 Å². The van der Waals surface area contributed by atoms with E-state index in [1.54, 1.807) is 48.5 Å². The van der Waals surface area contributed by atoms with Crippen LogP contribution in [0.5, 0.6) is 0 Å². The van der Waals surface area contributed by atoms with E-state index in [1.807, 2.05) is 0 Å². The van der Waals surface area contributed by atoms with Crippen LogP contribution in [-0.4, -0.2) is 116 Å². The molecule has 2 aromatic rings. The van der Waals surface area contributed by atoms with Crippen LogP contribution in [0.15, 0.2) is 24.3 Å². The molecule has 22 heteroatoms. The molecule has 4 amide bonds. The van der Waals surface area contributed by atoms with Gasteiger partial charge in [-0.2, -0.15) is 0 Å². The smallest absolute Gasteiger partial charge is 0.407 e. The molecule has 0 saturated carbocycles. The van der Waals surface area contributed by atoms with E-state index in [0.29, 0.717) is 42.3 Å². The second kappa shape index (κ2) is 22.5. The maximum Gasteiger partial charge on any atom is 0.407 e. The fraction of sp³-hybridized carbons (Fsp3) is 0.550. The van der Waals surface area contributed by atoms with Gasteiger partial charge in [0.2, 0.25) is 11.8 Å². The molecular formula is C40H50F6N4O10S2. The molecule has 2 fully saturated rings. The number of halogens is 6. The molecule has 0 spiro atoms. The van der Waals surface area contributed by atoms with Crippen LogP contribution in [0.4, 0.5) is 35.9 Å². The van der Waals surface area contributed by atoms with Gasteiger partial charge in [-0.05, 0) is 84.6 Å². The van der Waals surface area contributed by atoms with Crippen molar-refractivity contribution in [2.45, 2.75) is 108 Å². The second-order valence-electron chi connectivity index (χ2n) is 15.9. The summed E-state index contributed by atoms with van der Waals surface area (Å²) in [6, 6.07) is 0.105. The lowest BCUT2D eigenvalue weighted by Crippen LogP contribution is -2.46. The van der Waals surface area contributed by atoms with Crippen LogP contribution in [0.3, 0.4) is 0 Å². The predicted octanol–water partition coefficient (Wildman–Crippen LogP) is 6.31. The zero-order chi connectivity index (χ0) is 46.7. The van der Waals surface area contributed by atoms with Gasteiger partial charge in [0.25, 0.3) is 0 Å². The Morgan fingerprint density at radius 3 is 1.40 bits per heavy atom. The third-order valence-corrected chi connectivity index (χ3v) is 10.9. The maximum absolute atomic E-state index is 14.2. The van der Waals surface area contributed by atoms with Crippen molar-refractivity contribution >= 4 is 59.5 Å². The molecule has 2 aliphatic rings.